The summed E-state index contributed by atoms with van der Waals surface area (Å²) in [6, 6.07) is 28.9. The summed E-state index contributed by atoms with van der Waals surface area (Å²) in [4.78, 5) is 25.7. The lowest BCUT2D eigenvalue weighted by Gasteiger charge is -2.16. The molecule has 1 N–H and O–H groups in total. The molecular weight excluding hydrogens is 424 g/mol. The van der Waals surface area contributed by atoms with E-state index < -0.39 is 0 Å². The van der Waals surface area contributed by atoms with Gasteiger partial charge in [0.05, 0.1) is 23.9 Å². The predicted octanol–water partition coefficient (Wildman–Crippen LogP) is 6.12. The molecule has 4 aromatic rings. The first-order chi connectivity index (χ1) is 16.5. The second-order valence-electron chi connectivity index (χ2n) is 8.11. The molecule has 0 bridgehead atoms. The highest BCUT2D eigenvalue weighted by Crippen LogP contribution is 2.30. The number of ether oxygens (including phenoxy) is 1. The van der Waals surface area contributed by atoms with Crippen LogP contribution < -0.4 is 5.32 Å². The Hall–Kier alpha value is -4.12. The van der Waals surface area contributed by atoms with E-state index in [9.17, 15) is 9.59 Å². The molecule has 34 heavy (non-hydrogen) atoms. The lowest BCUT2D eigenvalue weighted by molar-refractivity contribution is 0.0525. The molecule has 4 rings (SSSR count). The molecule has 1 heterocycles. The number of rotatable bonds is 7. The van der Waals surface area contributed by atoms with Crippen LogP contribution in [0.2, 0.25) is 0 Å². The standard InChI is InChI=1S/C29H28N2O3/c1-4-34-29(33)26-19-27(23-14-9-6-10-15-23)31(21(26)3)25-17-11-16-24(18-25)28(32)30-20(2)22-12-7-5-8-13-22/h5-20H,4H2,1-3H3,(H,30,32). The maximum atomic E-state index is 13.1. The second-order valence-corrected chi connectivity index (χ2v) is 8.11. The van der Waals surface area contributed by atoms with Crippen molar-refractivity contribution in [2.45, 2.75) is 26.8 Å². The van der Waals surface area contributed by atoms with Gasteiger partial charge in [-0.3, -0.25) is 4.79 Å². The van der Waals surface area contributed by atoms with E-state index in [0.29, 0.717) is 17.7 Å². The van der Waals surface area contributed by atoms with Crippen molar-refractivity contribution in [1.29, 1.82) is 0 Å². The predicted molar refractivity (Wildman–Crippen MR) is 134 cm³/mol. The number of carbonyl (C=O) groups excluding carboxylic acids is 2. The van der Waals surface area contributed by atoms with Gasteiger partial charge in [0, 0.05) is 16.9 Å². The van der Waals surface area contributed by atoms with Crippen molar-refractivity contribution in [2.24, 2.45) is 0 Å². The lowest BCUT2D eigenvalue weighted by atomic mass is 10.1. The van der Waals surface area contributed by atoms with Crippen LogP contribution in [0.1, 0.15) is 51.9 Å². The number of nitrogens with zero attached hydrogens (tertiary/aromatic N) is 1. The van der Waals surface area contributed by atoms with Crippen molar-refractivity contribution in [3.05, 3.63) is 113 Å². The number of carbonyl (C=O) groups is 2. The van der Waals surface area contributed by atoms with Gasteiger partial charge in [-0.2, -0.15) is 0 Å². The minimum absolute atomic E-state index is 0.124. The highest BCUT2D eigenvalue weighted by Gasteiger charge is 2.21. The zero-order valence-electron chi connectivity index (χ0n) is 19.6. The summed E-state index contributed by atoms with van der Waals surface area (Å²) in [6.45, 7) is 5.95. The van der Waals surface area contributed by atoms with E-state index in [1.165, 1.54) is 0 Å². The van der Waals surface area contributed by atoms with E-state index in [1.807, 2.05) is 103 Å². The Kier molecular flexibility index (Phi) is 6.93. The van der Waals surface area contributed by atoms with E-state index in [4.69, 9.17) is 4.74 Å². The average Bonchev–Trinajstić information content (AvgIpc) is 3.22. The van der Waals surface area contributed by atoms with E-state index in [2.05, 4.69) is 5.32 Å². The van der Waals surface area contributed by atoms with Gasteiger partial charge in [-0.1, -0.05) is 66.7 Å². The first-order valence-corrected chi connectivity index (χ1v) is 11.4. The Labute approximate surface area is 200 Å². The van der Waals surface area contributed by atoms with E-state index >= 15 is 0 Å². The SMILES string of the molecule is CCOC(=O)c1cc(-c2ccccc2)n(-c2cccc(C(=O)NC(C)c3ccccc3)c2)c1C. The topological polar surface area (TPSA) is 60.3 Å². The average molecular weight is 453 g/mol. The van der Waals surface area contributed by atoms with Crippen LogP contribution in [0.25, 0.3) is 16.9 Å². The Morgan fingerprint density at radius 3 is 2.26 bits per heavy atom. The smallest absolute Gasteiger partial charge is 0.339 e. The van der Waals surface area contributed by atoms with Gasteiger partial charge in [-0.15, -0.1) is 0 Å². The number of hydrogen-bond acceptors (Lipinski definition) is 3. The summed E-state index contributed by atoms with van der Waals surface area (Å²) in [5, 5.41) is 3.07. The first-order valence-electron chi connectivity index (χ1n) is 11.4. The van der Waals surface area contributed by atoms with Gasteiger partial charge in [0.1, 0.15) is 0 Å². The zero-order chi connectivity index (χ0) is 24.1. The van der Waals surface area contributed by atoms with E-state index in [1.54, 1.807) is 13.0 Å². The summed E-state index contributed by atoms with van der Waals surface area (Å²) in [5.74, 6) is -0.517. The number of aromatic nitrogens is 1. The van der Waals surface area contributed by atoms with Crippen LogP contribution in [0.15, 0.2) is 91.0 Å². The largest absolute Gasteiger partial charge is 0.462 e. The summed E-state index contributed by atoms with van der Waals surface area (Å²) in [6.07, 6.45) is 0. The summed E-state index contributed by atoms with van der Waals surface area (Å²) in [7, 11) is 0. The molecule has 0 aliphatic carbocycles. The monoisotopic (exact) mass is 452 g/mol. The minimum atomic E-state index is -0.360. The number of esters is 1. The molecule has 5 nitrogen and oxygen atoms in total. The third-order valence-corrected chi connectivity index (χ3v) is 5.83. The molecule has 1 amide bonds. The lowest BCUT2D eigenvalue weighted by Crippen LogP contribution is -2.26. The van der Waals surface area contributed by atoms with Gasteiger partial charge in [-0.25, -0.2) is 4.79 Å². The molecule has 0 saturated heterocycles. The highest BCUT2D eigenvalue weighted by molar-refractivity contribution is 5.96. The Morgan fingerprint density at radius 2 is 1.59 bits per heavy atom. The molecule has 0 saturated carbocycles. The zero-order valence-corrected chi connectivity index (χ0v) is 19.6. The van der Waals surface area contributed by atoms with Crippen molar-refractivity contribution in [1.82, 2.24) is 9.88 Å². The molecule has 1 atom stereocenters. The highest BCUT2D eigenvalue weighted by atomic mass is 16.5. The third-order valence-electron chi connectivity index (χ3n) is 5.83. The molecule has 0 fully saturated rings. The van der Waals surface area contributed by atoms with Crippen LogP contribution in [0.5, 0.6) is 0 Å². The molecular formula is C29H28N2O3. The minimum Gasteiger partial charge on any atom is -0.462 e. The molecule has 0 aliphatic rings. The van der Waals surface area contributed by atoms with E-state index in [0.717, 1.165) is 28.2 Å². The van der Waals surface area contributed by atoms with Crippen LogP contribution in [0.3, 0.4) is 0 Å². The summed E-state index contributed by atoms with van der Waals surface area (Å²) >= 11 is 0. The van der Waals surface area contributed by atoms with Crippen molar-refractivity contribution < 1.29 is 14.3 Å². The summed E-state index contributed by atoms with van der Waals surface area (Å²) in [5.41, 5.74) is 5.47. The molecule has 0 radical (unpaired) electrons. The maximum Gasteiger partial charge on any atom is 0.339 e. The molecule has 1 unspecified atom stereocenters. The van der Waals surface area contributed by atoms with Crippen molar-refractivity contribution in [2.75, 3.05) is 6.61 Å². The van der Waals surface area contributed by atoms with Gasteiger partial charge in [0.15, 0.2) is 0 Å². The van der Waals surface area contributed by atoms with Crippen molar-refractivity contribution in [3.63, 3.8) is 0 Å². The summed E-state index contributed by atoms with van der Waals surface area (Å²) < 4.78 is 7.28. The molecule has 172 valence electrons. The van der Waals surface area contributed by atoms with Crippen molar-refractivity contribution in [3.8, 4) is 16.9 Å². The van der Waals surface area contributed by atoms with Crippen LogP contribution in [-0.2, 0) is 4.74 Å². The fourth-order valence-corrected chi connectivity index (χ4v) is 4.07. The van der Waals surface area contributed by atoms with Crippen molar-refractivity contribution >= 4 is 11.9 Å². The Morgan fingerprint density at radius 1 is 0.912 bits per heavy atom. The fourth-order valence-electron chi connectivity index (χ4n) is 4.07. The van der Waals surface area contributed by atoms with Gasteiger partial charge in [0.2, 0.25) is 0 Å². The molecule has 3 aromatic carbocycles. The van der Waals surface area contributed by atoms with Gasteiger partial charge in [0.25, 0.3) is 5.91 Å². The quantitative estimate of drug-likeness (QED) is 0.344. The van der Waals surface area contributed by atoms with Gasteiger partial charge >= 0.3 is 5.97 Å². The van der Waals surface area contributed by atoms with Gasteiger partial charge in [-0.05, 0) is 56.2 Å². The third kappa shape index (κ3) is 4.79. The first kappa shape index (κ1) is 23.1. The number of amides is 1. The van der Waals surface area contributed by atoms with Gasteiger partial charge < -0.3 is 14.6 Å². The molecule has 0 spiro atoms. The van der Waals surface area contributed by atoms with E-state index in [-0.39, 0.29) is 17.9 Å². The number of hydrogen-bond donors (Lipinski definition) is 1. The van der Waals surface area contributed by atoms with Crippen LogP contribution in [0, 0.1) is 6.92 Å². The van der Waals surface area contributed by atoms with Crippen LogP contribution in [-0.4, -0.2) is 23.1 Å². The molecule has 0 aliphatic heterocycles. The maximum absolute atomic E-state index is 13.1. The fraction of sp³-hybridized carbons (Fsp3) is 0.172. The second kappa shape index (κ2) is 10.2. The Balaban J connectivity index is 1.72. The van der Waals surface area contributed by atoms with Crippen LogP contribution >= 0.6 is 0 Å². The molecule has 5 heteroatoms. The number of nitrogens with one attached hydrogen (secondary N) is 1. The number of benzene rings is 3. The normalized spacial score (nSPS) is 11.6. The van der Waals surface area contributed by atoms with Crippen LogP contribution in [0.4, 0.5) is 0 Å². The Bertz CT molecular complexity index is 1290. The molecule has 1 aromatic heterocycles.